The summed E-state index contributed by atoms with van der Waals surface area (Å²) >= 11 is 0. The maximum Gasteiger partial charge on any atom is 0.0643 e. The van der Waals surface area contributed by atoms with E-state index in [1.807, 2.05) is 0 Å². The number of nitrogens with zero attached hydrogens (tertiary/aromatic N) is 1. The number of benzene rings is 1. The predicted molar refractivity (Wildman–Crippen MR) is 85.4 cm³/mol. The molecule has 3 nitrogen and oxygen atoms in total. The standard InChI is InChI=1S/C17H29N3/c1-4-17(5-2,20-12-6-7-13-20)16(19-18)15-10-8-14(3)9-11-15/h8-11,16,19H,4-7,12-13,18H2,1-3H3. The number of aryl methyl sites for hydroxylation is 1. The molecule has 1 aromatic rings. The summed E-state index contributed by atoms with van der Waals surface area (Å²) in [5.41, 5.74) is 5.84. The minimum absolute atomic E-state index is 0.126. The highest BCUT2D eigenvalue weighted by atomic mass is 15.3. The van der Waals surface area contributed by atoms with Gasteiger partial charge in [0.2, 0.25) is 0 Å². The third-order valence-electron chi connectivity index (χ3n) is 5.08. The third-order valence-corrected chi connectivity index (χ3v) is 5.08. The number of hydrogen-bond acceptors (Lipinski definition) is 3. The summed E-state index contributed by atoms with van der Waals surface area (Å²) in [7, 11) is 0. The second-order valence-corrected chi connectivity index (χ2v) is 6.02. The van der Waals surface area contributed by atoms with Crippen LogP contribution in [0.4, 0.5) is 0 Å². The van der Waals surface area contributed by atoms with E-state index in [1.54, 1.807) is 0 Å². The van der Waals surface area contributed by atoms with Crippen LogP contribution < -0.4 is 11.3 Å². The van der Waals surface area contributed by atoms with E-state index in [-0.39, 0.29) is 11.6 Å². The van der Waals surface area contributed by atoms with Crippen molar-refractivity contribution in [1.82, 2.24) is 10.3 Å². The van der Waals surface area contributed by atoms with Gasteiger partial charge in [0.1, 0.15) is 0 Å². The van der Waals surface area contributed by atoms with Gasteiger partial charge in [-0.1, -0.05) is 43.7 Å². The molecule has 0 amide bonds. The second kappa shape index (κ2) is 6.70. The van der Waals surface area contributed by atoms with Crippen molar-refractivity contribution in [3.05, 3.63) is 35.4 Å². The Morgan fingerprint density at radius 3 is 2.15 bits per heavy atom. The zero-order valence-corrected chi connectivity index (χ0v) is 13.2. The predicted octanol–water partition coefficient (Wildman–Crippen LogP) is 3.15. The molecule has 1 saturated heterocycles. The fourth-order valence-electron chi connectivity index (χ4n) is 3.77. The van der Waals surface area contributed by atoms with Gasteiger partial charge in [-0.2, -0.15) is 0 Å². The molecular weight excluding hydrogens is 246 g/mol. The van der Waals surface area contributed by atoms with Crippen LogP contribution in [0.25, 0.3) is 0 Å². The van der Waals surface area contributed by atoms with Crippen molar-refractivity contribution in [2.45, 2.75) is 58.0 Å². The van der Waals surface area contributed by atoms with Crippen molar-refractivity contribution in [2.75, 3.05) is 13.1 Å². The van der Waals surface area contributed by atoms with E-state index in [0.717, 1.165) is 12.8 Å². The molecule has 1 aromatic carbocycles. The minimum atomic E-state index is 0.126. The van der Waals surface area contributed by atoms with Crippen LogP contribution in [-0.4, -0.2) is 23.5 Å². The van der Waals surface area contributed by atoms with Gasteiger partial charge in [0, 0.05) is 5.54 Å². The van der Waals surface area contributed by atoms with Gasteiger partial charge in [-0.05, 0) is 51.3 Å². The highest BCUT2D eigenvalue weighted by Crippen LogP contribution is 2.39. The van der Waals surface area contributed by atoms with Crippen molar-refractivity contribution in [3.63, 3.8) is 0 Å². The molecule has 0 aromatic heterocycles. The zero-order valence-electron chi connectivity index (χ0n) is 13.2. The molecule has 20 heavy (non-hydrogen) atoms. The first kappa shape index (κ1) is 15.5. The van der Waals surface area contributed by atoms with Gasteiger partial charge in [0.25, 0.3) is 0 Å². The summed E-state index contributed by atoms with van der Waals surface area (Å²) in [5.74, 6) is 5.97. The number of nitrogens with two attached hydrogens (primary N) is 1. The SMILES string of the molecule is CCC(CC)(C(NN)c1ccc(C)cc1)N1CCCC1. The van der Waals surface area contributed by atoms with E-state index in [2.05, 4.69) is 55.4 Å². The monoisotopic (exact) mass is 275 g/mol. The van der Waals surface area contributed by atoms with Crippen LogP contribution in [0.2, 0.25) is 0 Å². The van der Waals surface area contributed by atoms with Crippen LogP contribution in [0.1, 0.15) is 56.7 Å². The lowest BCUT2D eigenvalue weighted by Gasteiger charge is -2.46. The molecule has 0 bridgehead atoms. The summed E-state index contributed by atoms with van der Waals surface area (Å²) in [6.07, 6.45) is 4.86. The van der Waals surface area contributed by atoms with Crippen molar-refractivity contribution < 1.29 is 0 Å². The maximum atomic E-state index is 5.97. The van der Waals surface area contributed by atoms with E-state index in [0.29, 0.717) is 0 Å². The van der Waals surface area contributed by atoms with Crippen LogP contribution >= 0.6 is 0 Å². The lowest BCUT2D eigenvalue weighted by Crippen LogP contribution is -2.56. The molecule has 0 spiro atoms. The smallest absolute Gasteiger partial charge is 0.0643 e. The molecular formula is C17H29N3. The molecule has 0 aliphatic carbocycles. The quantitative estimate of drug-likeness (QED) is 0.619. The molecule has 112 valence electrons. The Morgan fingerprint density at radius 2 is 1.70 bits per heavy atom. The van der Waals surface area contributed by atoms with Gasteiger partial charge in [0.15, 0.2) is 0 Å². The Hall–Kier alpha value is -0.900. The van der Waals surface area contributed by atoms with Crippen LogP contribution in [0.15, 0.2) is 24.3 Å². The van der Waals surface area contributed by atoms with E-state index in [1.165, 1.54) is 37.1 Å². The number of rotatable bonds is 6. The van der Waals surface area contributed by atoms with E-state index in [4.69, 9.17) is 5.84 Å². The molecule has 1 heterocycles. The topological polar surface area (TPSA) is 41.3 Å². The molecule has 3 heteroatoms. The Bertz CT molecular complexity index is 403. The Morgan fingerprint density at radius 1 is 1.15 bits per heavy atom. The Balaban J connectivity index is 2.35. The molecule has 1 aliphatic rings. The highest BCUT2D eigenvalue weighted by Gasteiger charge is 2.42. The van der Waals surface area contributed by atoms with Gasteiger partial charge in [-0.25, -0.2) is 0 Å². The van der Waals surface area contributed by atoms with Gasteiger partial charge in [-0.3, -0.25) is 16.2 Å². The summed E-state index contributed by atoms with van der Waals surface area (Å²) in [5, 5.41) is 0. The second-order valence-electron chi connectivity index (χ2n) is 6.02. The third kappa shape index (κ3) is 2.76. The molecule has 1 aliphatic heterocycles. The minimum Gasteiger partial charge on any atom is -0.296 e. The number of hydrazine groups is 1. The van der Waals surface area contributed by atoms with E-state index < -0.39 is 0 Å². The Labute approximate surface area is 123 Å². The molecule has 0 saturated carbocycles. The number of nitrogens with one attached hydrogen (secondary N) is 1. The fourth-order valence-corrected chi connectivity index (χ4v) is 3.77. The van der Waals surface area contributed by atoms with Crippen molar-refractivity contribution in [1.29, 1.82) is 0 Å². The largest absolute Gasteiger partial charge is 0.296 e. The average Bonchev–Trinajstić information content (AvgIpc) is 3.01. The highest BCUT2D eigenvalue weighted by molar-refractivity contribution is 5.27. The number of hydrogen-bond donors (Lipinski definition) is 2. The van der Waals surface area contributed by atoms with Gasteiger partial charge in [0.05, 0.1) is 6.04 Å². The van der Waals surface area contributed by atoms with Gasteiger partial charge >= 0.3 is 0 Å². The lowest BCUT2D eigenvalue weighted by atomic mass is 9.79. The normalized spacial score (nSPS) is 18.4. The van der Waals surface area contributed by atoms with Crippen LogP contribution in [0.5, 0.6) is 0 Å². The molecule has 1 fully saturated rings. The molecule has 1 unspecified atom stereocenters. The van der Waals surface area contributed by atoms with Crippen LogP contribution in [0.3, 0.4) is 0 Å². The Kier molecular flexibility index (Phi) is 5.19. The summed E-state index contributed by atoms with van der Waals surface area (Å²) in [6.45, 7) is 9.11. The first-order chi connectivity index (χ1) is 9.67. The number of likely N-dealkylation sites (tertiary alicyclic amines) is 1. The lowest BCUT2D eigenvalue weighted by molar-refractivity contribution is 0.0617. The van der Waals surface area contributed by atoms with E-state index in [9.17, 15) is 0 Å². The van der Waals surface area contributed by atoms with E-state index >= 15 is 0 Å². The fraction of sp³-hybridized carbons (Fsp3) is 0.647. The zero-order chi connectivity index (χ0) is 14.6. The van der Waals surface area contributed by atoms with Gasteiger partial charge in [-0.15, -0.1) is 0 Å². The summed E-state index contributed by atoms with van der Waals surface area (Å²) in [4.78, 5) is 2.65. The molecule has 3 N–H and O–H groups in total. The first-order valence-corrected chi connectivity index (χ1v) is 7.95. The molecule has 1 atom stereocenters. The van der Waals surface area contributed by atoms with Crippen LogP contribution in [-0.2, 0) is 0 Å². The van der Waals surface area contributed by atoms with Crippen molar-refractivity contribution in [3.8, 4) is 0 Å². The average molecular weight is 275 g/mol. The maximum absolute atomic E-state index is 5.97. The molecule has 0 radical (unpaired) electrons. The van der Waals surface area contributed by atoms with Crippen molar-refractivity contribution >= 4 is 0 Å². The first-order valence-electron chi connectivity index (χ1n) is 7.95. The summed E-state index contributed by atoms with van der Waals surface area (Å²) in [6, 6.07) is 8.99. The summed E-state index contributed by atoms with van der Waals surface area (Å²) < 4.78 is 0. The van der Waals surface area contributed by atoms with Crippen molar-refractivity contribution in [2.24, 2.45) is 5.84 Å². The molecule has 2 rings (SSSR count). The van der Waals surface area contributed by atoms with Crippen LogP contribution in [0, 0.1) is 6.92 Å². The van der Waals surface area contributed by atoms with Gasteiger partial charge < -0.3 is 0 Å².